The lowest BCUT2D eigenvalue weighted by molar-refractivity contribution is 0.662. The smallest absolute Gasteiger partial charge is 0.196 e. The summed E-state index contributed by atoms with van der Waals surface area (Å²) in [6, 6.07) is 7.95. The van der Waals surface area contributed by atoms with Gasteiger partial charge in [-0.05, 0) is 25.0 Å². The minimum absolute atomic E-state index is 0.316. The van der Waals surface area contributed by atoms with Crippen LogP contribution in [0.15, 0.2) is 28.7 Å². The number of alkyl halides is 1. The predicted octanol–water partition coefficient (Wildman–Crippen LogP) is 3.72. The maximum atomic E-state index is 5.99. The van der Waals surface area contributed by atoms with Crippen molar-refractivity contribution >= 4 is 39.5 Å². The second-order valence-corrected chi connectivity index (χ2v) is 5.33. The van der Waals surface area contributed by atoms with Gasteiger partial charge in [0.2, 0.25) is 0 Å². The van der Waals surface area contributed by atoms with E-state index < -0.39 is 0 Å². The van der Waals surface area contributed by atoms with Gasteiger partial charge in [0.1, 0.15) is 16.9 Å². The highest BCUT2D eigenvalue weighted by Crippen LogP contribution is 2.34. The first-order chi connectivity index (χ1) is 9.86. The molecule has 0 aliphatic carbocycles. The van der Waals surface area contributed by atoms with Gasteiger partial charge in [-0.15, -0.1) is 11.6 Å². The normalized spacial score (nSPS) is 15.6. The van der Waals surface area contributed by atoms with Crippen molar-refractivity contribution in [1.29, 1.82) is 0 Å². The Labute approximate surface area is 121 Å². The van der Waals surface area contributed by atoms with E-state index in [1.54, 1.807) is 0 Å². The van der Waals surface area contributed by atoms with Gasteiger partial charge in [-0.3, -0.25) is 0 Å². The number of rotatable bonds is 2. The largest absolute Gasteiger partial charge is 0.450 e. The number of hydrogen-bond donors (Lipinski definition) is 0. The van der Waals surface area contributed by atoms with Crippen LogP contribution in [-0.2, 0) is 5.88 Å². The van der Waals surface area contributed by atoms with Gasteiger partial charge in [0.25, 0.3) is 0 Å². The zero-order chi connectivity index (χ0) is 13.5. The molecular weight excluding hydrogens is 274 g/mol. The molecule has 1 fully saturated rings. The van der Waals surface area contributed by atoms with Crippen molar-refractivity contribution in [2.24, 2.45) is 0 Å². The second-order valence-electron chi connectivity index (χ2n) is 5.07. The van der Waals surface area contributed by atoms with Gasteiger partial charge in [0.15, 0.2) is 11.4 Å². The summed E-state index contributed by atoms with van der Waals surface area (Å²) in [7, 11) is 0. The highest BCUT2D eigenvalue weighted by Gasteiger charge is 2.22. The summed E-state index contributed by atoms with van der Waals surface area (Å²) in [5.41, 5.74) is 2.50. The van der Waals surface area contributed by atoms with Crippen LogP contribution in [0.1, 0.15) is 18.7 Å². The van der Waals surface area contributed by atoms with E-state index in [4.69, 9.17) is 16.0 Å². The monoisotopic (exact) mass is 287 g/mol. The number of furan rings is 1. The van der Waals surface area contributed by atoms with Gasteiger partial charge in [-0.1, -0.05) is 12.1 Å². The molecule has 0 radical (unpaired) electrons. The van der Waals surface area contributed by atoms with Crippen LogP contribution >= 0.6 is 11.6 Å². The Balaban J connectivity index is 2.05. The molecule has 1 aromatic carbocycles. The number of nitrogens with zero attached hydrogens (tertiary/aromatic N) is 3. The summed E-state index contributed by atoms with van der Waals surface area (Å²) < 4.78 is 5.99. The Kier molecular flexibility index (Phi) is 2.77. The van der Waals surface area contributed by atoms with Gasteiger partial charge < -0.3 is 9.32 Å². The van der Waals surface area contributed by atoms with Crippen LogP contribution in [0.2, 0.25) is 0 Å². The lowest BCUT2D eigenvalue weighted by atomic mass is 10.2. The molecule has 0 N–H and O–H groups in total. The molecule has 0 bridgehead atoms. The van der Waals surface area contributed by atoms with E-state index in [1.807, 2.05) is 24.3 Å². The van der Waals surface area contributed by atoms with Gasteiger partial charge in [0.05, 0.1) is 5.88 Å². The van der Waals surface area contributed by atoms with Crippen molar-refractivity contribution < 1.29 is 4.42 Å². The molecule has 0 atom stereocenters. The average Bonchev–Trinajstić information content (AvgIpc) is 3.13. The third-order valence-electron chi connectivity index (χ3n) is 3.77. The van der Waals surface area contributed by atoms with Crippen molar-refractivity contribution in [2.75, 3.05) is 18.0 Å². The van der Waals surface area contributed by atoms with Crippen molar-refractivity contribution in [1.82, 2.24) is 9.97 Å². The highest BCUT2D eigenvalue weighted by molar-refractivity contribution is 6.17. The van der Waals surface area contributed by atoms with Gasteiger partial charge in [0, 0.05) is 18.5 Å². The molecule has 102 valence electrons. The summed E-state index contributed by atoms with van der Waals surface area (Å²) in [6.45, 7) is 2.04. The predicted molar refractivity (Wildman–Crippen MR) is 80.3 cm³/mol. The molecular formula is C15H14ClN3O. The first-order valence-corrected chi connectivity index (χ1v) is 7.39. The number of halogens is 1. The molecule has 0 amide bonds. The zero-order valence-corrected chi connectivity index (χ0v) is 11.7. The van der Waals surface area contributed by atoms with Crippen LogP contribution in [0.5, 0.6) is 0 Å². The lowest BCUT2D eigenvalue weighted by Crippen LogP contribution is -2.20. The second kappa shape index (κ2) is 4.63. The molecule has 0 unspecified atom stereocenters. The summed E-state index contributed by atoms with van der Waals surface area (Å²) >= 11 is 5.95. The molecule has 2 aromatic heterocycles. The highest BCUT2D eigenvalue weighted by atomic mass is 35.5. The first kappa shape index (κ1) is 12.0. The first-order valence-electron chi connectivity index (χ1n) is 6.86. The van der Waals surface area contributed by atoms with Gasteiger partial charge >= 0.3 is 0 Å². The van der Waals surface area contributed by atoms with Crippen molar-refractivity contribution in [2.45, 2.75) is 18.7 Å². The summed E-state index contributed by atoms with van der Waals surface area (Å²) in [5, 5.41) is 1.02. The molecule has 4 rings (SSSR count). The van der Waals surface area contributed by atoms with Crippen molar-refractivity contribution in [3.8, 4) is 0 Å². The Morgan fingerprint density at radius 1 is 1.15 bits per heavy atom. The molecule has 20 heavy (non-hydrogen) atoms. The molecule has 0 saturated carbocycles. The molecule has 4 nitrogen and oxygen atoms in total. The third-order valence-corrected chi connectivity index (χ3v) is 4.01. The Bertz CT molecular complexity index is 777. The van der Waals surface area contributed by atoms with Crippen LogP contribution in [0.4, 0.5) is 5.82 Å². The molecule has 5 heteroatoms. The Morgan fingerprint density at radius 2 is 1.95 bits per heavy atom. The number of fused-ring (bicyclic) bond motifs is 3. The average molecular weight is 288 g/mol. The Morgan fingerprint density at radius 3 is 2.75 bits per heavy atom. The van der Waals surface area contributed by atoms with Crippen LogP contribution in [0.25, 0.3) is 22.1 Å². The summed E-state index contributed by atoms with van der Waals surface area (Å²) in [6.07, 6.45) is 2.39. The number of hydrogen-bond acceptors (Lipinski definition) is 4. The van der Waals surface area contributed by atoms with E-state index >= 15 is 0 Å². The minimum Gasteiger partial charge on any atom is -0.450 e. The fourth-order valence-corrected chi connectivity index (χ4v) is 2.94. The fourth-order valence-electron chi connectivity index (χ4n) is 2.82. The fraction of sp³-hybridized carbons (Fsp3) is 0.333. The summed E-state index contributed by atoms with van der Waals surface area (Å²) in [5.74, 6) is 1.86. The van der Waals surface area contributed by atoms with Crippen molar-refractivity contribution in [3.63, 3.8) is 0 Å². The standard InChI is InChI=1S/C15H14ClN3O/c16-9-12-17-13-10-5-1-2-6-11(10)20-14(13)15(18-12)19-7-3-4-8-19/h1-2,5-6H,3-4,7-9H2. The maximum absolute atomic E-state index is 5.99. The minimum atomic E-state index is 0.316. The number of para-hydroxylation sites is 1. The number of aromatic nitrogens is 2. The molecule has 3 heterocycles. The maximum Gasteiger partial charge on any atom is 0.196 e. The third kappa shape index (κ3) is 1.75. The molecule has 1 saturated heterocycles. The van der Waals surface area contributed by atoms with E-state index in [-0.39, 0.29) is 0 Å². The topological polar surface area (TPSA) is 42.2 Å². The van der Waals surface area contributed by atoms with Crippen LogP contribution < -0.4 is 4.90 Å². The molecule has 0 spiro atoms. The van der Waals surface area contributed by atoms with Crippen LogP contribution in [0, 0.1) is 0 Å². The number of anilines is 1. The van der Waals surface area contributed by atoms with Crippen LogP contribution in [-0.4, -0.2) is 23.1 Å². The zero-order valence-electron chi connectivity index (χ0n) is 11.0. The van der Waals surface area contributed by atoms with E-state index in [0.717, 1.165) is 41.0 Å². The quantitative estimate of drug-likeness (QED) is 0.674. The molecule has 1 aliphatic heterocycles. The van der Waals surface area contributed by atoms with E-state index in [9.17, 15) is 0 Å². The van der Waals surface area contributed by atoms with Gasteiger partial charge in [-0.2, -0.15) is 0 Å². The van der Waals surface area contributed by atoms with E-state index in [1.165, 1.54) is 12.8 Å². The molecule has 3 aromatic rings. The lowest BCUT2D eigenvalue weighted by Gasteiger charge is -2.16. The van der Waals surface area contributed by atoms with Crippen molar-refractivity contribution in [3.05, 3.63) is 30.1 Å². The van der Waals surface area contributed by atoms with Crippen LogP contribution in [0.3, 0.4) is 0 Å². The SMILES string of the molecule is ClCc1nc(N2CCCC2)c2oc3ccccc3c2n1. The Hall–Kier alpha value is -1.81. The molecule has 1 aliphatic rings. The van der Waals surface area contributed by atoms with E-state index in [0.29, 0.717) is 11.7 Å². The number of benzene rings is 1. The van der Waals surface area contributed by atoms with E-state index in [2.05, 4.69) is 14.9 Å². The van der Waals surface area contributed by atoms with Gasteiger partial charge in [-0.25, -0.2) is 9.97 Å². The summed E-state index contributed by atoms with van der Waals surface area (Å²) in [4.78, 5) is 11.4.